The molecule has 7 heteroatoms. The number of piperazine rings is 1. The van der Waals surface area contributed by atoms with Gasteiger partial charge < -0.3 is 19.7 Å². The third-order valence-corrected chi connectivity index (χ3v) is 5.59. The lowest BCUT2D eigenvalue weighted by molar-refractivity contribution is -0.127. The molecule has 0 aliphatic carbocycles. The van der Waals surface area contributed by atoms with Gasteiger partial charge in [0.2, 0.25) is 11.8 Å². The average Bonchev–Trinajstić information content (AvgIpc) is 2.80. The molecule has 1 saturated heterocycles. The Hall–Kier alpha value is -3.32. The summed E-state index contributed by atoms with van der Waals surface area (Å²) >= 11 is 0. The second-order valence-corrected chi connectivity index (χ2v) is 7.90. The van der Waals surface area contributed by atoms with Crippen molar-refractivity contribution in [2.75, 3.05) is 52.3 Å². The number of carbonyl (C=O) groups excluding carboxylic acids is 2. The molecule has 1 aliphatic heterocycles. The number of anilines is 1. The Bertz CT molecular complexity index is 952. The maximum atomic E-state index is 12.6. The molecule has 170 valence electrons. The van der Waals surface area contributed by atoms with E-state index in [9.17, 15) is 9.59 Å². The number of benzene rings is 2. The monoisotopic (exact) mass is 437 g/mol. The van der Waals surface area contributed by atoms with Crippen molar-refractivity contribution in [3.8, 4) is 11.5 Å². The Balaban J connectivity index is 1.50. The molecule has 0 spiro atoms. The molecule has 0 bridgehead atoms. The van der Waals surface area contributed by atoms with Crippen LogP contribution in [0.4, 0.5) is 5.69 Å². The summed E-state index contributed by atoms with van der Waals surface area (Å²) in [4.78, 5) is 29.0. The van der Waals surface area contributed by atoms with Crippen LogP contribution in [-0.2, 0) is 9.59 Å². The second-order valence-electron chi connectivity index (χ2n) is 7.90. The van der Waals surface area contributed by atoms with Crippen LogP contribution in [0.1, 0.15) is 16.7 Å². The number of rotatable bonds is 7. The fraction of sp³-hybridized carbons (Fsp3) is 0.360. The number of ether oxygens (including phenoxy) is 2. The van der Waals surface area contributed by atoms with Crippen LogP contribution in [0.3, 0.4) is 0 Å². The molecule has 1 fully saturated rings. The lowest BCUT2D eigenvalue weighted by Gasteiger charge is -2.33. The SMILES string of the molecule is COc1cc(C=CC(=O)N2CCN(CC(=O)Nc3c(C)cccc3C)CC2)cc(OC)c1. The molecule has 0 radical (unpaired) electrons. The zero-order valence-corrected chi connectivity index (χ0v) is 19.2. The Morgan fingerprint density at radius 3 is 2.12 bits per heavy atom. The number of aryl methyl sites for hydroxylation is 2. The van der Waals surface area contributed by atoms with Crippen molar-refractivity contribution < 1.29 is 19.1 Å². The number of hydrogen-bond acceptors (Lipinski definition) is 5. The molecule has 7 nitrogen and oxygen atoms in total. The number of nitrogens with zero attached hydrogens (tertiary/aromatic N) is 2. The van der Waals surface area contributed by atoms with E-state index >= 15 is 0 Å². The molecule has 2 aromatic rings. The summed E-state index contributed by atoms with van der Waals surface area (Å²) in [5, 5.41) is 3.02. The van der Waals surface area contributed by atoms with Crippen LogP contribution in [0.15, 0.2) is 42.5 Å². The Morgan fingerprint density at radius 2 is 1.56 bits per heavy atom. The fourth-order valence-electron chi connectivity index (χ4n) is 3.72. The molecule has 0 atom stereocenters. The topological polar surface area (TPSA) is 71.1 Å². The summed E-state index contributed by atoms with van der Waals surface area (Å²) in [6, 6.07) is 11.4. The van der Waals surface area contributed by atoms with Gasteiger partial charge in [-0.05, 0) is 48.7 Å². The van der Waals surface area contributed by atoms with E-state index in [0.29, 0.717) is 44.2 Å². The predicted molar refractivity (Wildman–Crippen MR) is 126 cm³/mol. The average molecular weight is 438 g/mol. The maximum Gasteiger partial charge on any atom is 0.246 e. The third-order valence-electron chi connectivity index (χ3n) is 5.59. The molecule has 2 amide bonds. The van der Waals surface area contributed by atoms with Gasteiger partial charge in [-0.1, -0.05) is 18.2 Å². The first kappa shape index (κ1) is 23.3. The molecular weight excluding hydrogens is 406 g/mol. The van der Waals surface area contributed by atoms with Gasteiger partial charge in [0.25, 0.3) is 0 Å². The quantitative estimate of drug-likeness (QED) is 0.674. The number of amides is 2. The largest absolute Gasteiger partial charge is 0.497 e. The van der Waals surface area contributed by atoms with Crippen LogP contribution in [0, 0.1) is 13.8 Å². The van der Waals surface area contributed by atoms with E-state index in [1.165, 1.54) is 0 Å². The molecule has 32 heavy (non-hydrogen) atoms. The van der Waals surface area contributed by atoms with Gasteiger partial charge in [-0.3, -0.25) is 14.5 Å². The Kier molecular flexibility index (Phi) is 7.89. The molecule has 1 heterocycles. The normalized spacial score (nSPS) is 14.4. The summed E-state index contributed by atoms with van der Waals surface area (Å²) in [5.41, 5.74) is 3.81. The predicted octanol–water partition coefficient (Wildman–Crippen LogP) is 3.12. The first-order chi connectivity index (χ1) is 15.4. The van der Waals surface area contributed by atoms with E-state index in [4.69, 9.17) is 9.47 Å². The molecule has 3 rings (SSSR count). The van der Waals surface area contributed by atoms with Gasteiger partial charge in [-0.2, -0.15) is 0 Å². The molecule has 0 saturated carbocycles. The van der Waals surface area contributed by atoms with Crippen molar-refractivity contribution in [3.63, 3.8) is 0 Å². The number of methoxy groups -OCH3 is 2. The summed E-state index contributed by atoms with van der Waals surface area (Å²) in [6.07, 6.45) is 3.33. The van der Waals surface area contributed by atoms with Crippen molar-refractivity contribution in [1.29, 1.82) is 0 Å². The van der Waals surface area contributed by atoms with E-state index in [1.807, 2.05) is 44.2 Å². The summed E-state index contributed by atoms with van der Waals surface area (Å²) in [6.45, 7) is 6.78. The fourth-order valence-corrected chi connectivity index (χ4v) is 3.72. The van der Waals surface area contributed by atoms with E-state index in [0.717, 1.165) is 22.4 Å². The Labute approximate surface area is 189 Å². The highest BCUT2D eigenvalue weighted by Gasteiger charge is 2.21. The first-order valence-electron chi connectivity index (χ1n) is 10.7. The van der Waals surface area contributed by atoms with Gasteiger partial charge in [0.15, 0.2) is 0 Å². The van der Waals surface area contributed by atoms with Gasteiger partial charge in [0.1, 0.15) is 11.5 Å². The smallest absolute Gasteiger partial charge is 0.246 e. The van der Waals surface area contributed by atoms with Crippen molar-refractivity contribution in [2.45, 2.75) is 13.8 Å². The lowest BCUT2D eigenvalue weighted by atomic mass is 10.1. The zero-order chi connectivity index (χ0) is 23.1. The summed E-state index contributed by atoms with van der Waals surface area (Å²) in [5.74, 6) is 1.26. The molecule has 0 aromatic heterocycles. The minimum absolute atomic E-state index is 0.0333. The minimum atomic E-state index is -0.0496. The molecule has 0 unspecified atom stereocenters. The van der Waals surface area contributed by atoms with Gasteiger partial charge in [0, 0.05) is 44.0 Å². The van der Waals surface area contributed by atoms with Crippen LogP contribution in [0.5, 0.6) is 11.5 Å². The summed E-state index contributed by atoms with van der Waals surface area (Å²) < 4.78 is 10.5. The second kappa shape index (κ2) is 10.8. The van der Waals surface area contributed by atoms with E-state index in [-0.39, 0.29) is 11.8 Å². The van der Waals surface area contributed by atoms with Crippen molar-refractivity contribution in [3.05, 3.63) is 59.2 Å². The van der Waals surface area contributed by atoms with Gasteiger partial charge >= 0.3 is 0 Å². The third kappa shape index (κ3) is 6.11. The van der Waals surface area contributed by atoms with Gasteiger partial charge in [-0.15, -0.1) is 0 Å². The van der Waals surface area contributed by atoms with E-state index in [2.05, 4.69) is 10.2 Å². The van der Waals surface area contributed by atoms with Gasteiger partial charge in [-0.25, -0.2) is 0 Å². The zero-order valence-electron chi connectivity index (χ0n) is 19.2. The molecule has 2 aromatic carbocycles. The van der Waals surface area contributed by atoms with Crippen LogP contribution >= 0.6 is 0 Å². The van der Waals surface area contributed by atoms with Crippen molar-refractivity contribution >= 4 is 23.6 Å². The highest BCUT2D eigenvalue weighted by atomic mass is 16.5. The molecule has 1 N–H and O–H groups in total. The summed E-state index contributed by atoms with van der Waals surface area (Å²) in [7, 11) is 3.19. The van der Waals surface area contributed by atoms with Crippen LogP contribution < -0.4 is 14.8 Å². The minimum Gasteiger partial charge on any atom is -0.497 e. The number of carbonyl (C=O) groups is 2. The maximum absolute atomic E-state index is 12.6. The molecule has 1 aliphatic rings. The number of para-hydroxylation sites is 1. The van der Waals surface area contributed by atoms with E-state index in [1.54, 1.807) is 37.3 Å². The molecular formula is C25H31N3O4. The number of hydrogen-bond donors (Lipinski definition) is 1. The highest BCUT2D eigenvalue weighted by Crippen LogP contribution is 2.23. The number of nitrogens with one attached hydrogen (secondary N) is 1. The van der Waals surface area contributed by atoms with Crippen LogP contribution in [0.2, 0.25) is 0 Å². The van der Waals surface area contributed by atoms with E-state index < -0.39 is 0 Å². The Morgan fingerprint density at radius 1 is 0.969 bits per heavy atom. The van der Waals surface area contributed by atoms with Crippen LogP contribution in [-0.4, -0.2) is 68.6 Å². The van der Waals surface area contributed by atoms with Crippen molar-refractivity contribution in [1.82, 2.24) is 9.80 Å². The first-order valence-corrected chi connectivity index (χ1v) is 10.7. The standard InChI is InChI=1S/C25H31N3O4/c1-18-6-5-7-19(2)25(18)26-23(29)17-27-10-12-28(13-11-27)24(30)9-8-20-14-21(31-3)16-22(15-20)32-4/h5-9,14-16H,10-13,17H2,1-4H3,(H,26,29). The van der Waals surface area contributed by atoms with Crippen molar-refractivity contribution in [2.24, 2.45) is 0 Å². The van der Waals surface area contributed by atoms with Gasteiger partial charge in [0.05, 0.1) is 20.8 Å². The van der Waals surface area contributed by atoms with Crippen LogP contribution in [0.25, 0.3) is 6.08 Å². The lowest BCUT2D eigenvalue weighted by Crippen LogP contribution is -2.50. The highest BCUT2D eigenvalue weighted by molar-refractivity contribution is 5.94.